The first-order chi connectivity index (χ1) is 20.8. The Balaban J connectivity index is 1.79. The van der Waals surface area contributed by atoms with E-state index in [-0.39, 0.29) is 42.1 Å². The van der Waals surface area contributed by atoms with Crippen molar-refractivity contribution in [3.8, 4) is 23.0 Å². The predicted molar refractivity (Wildman–Crippen MR) is 171 cm³/mol. The third-order valence-corrected chi connectivity index (χ3v) is 8.81. The molecule has 1 aliphatic rings. The Morgan fingerprint density at radius 2 is 0.932 bits per heavy atom. The third-order valence-electron chi connectivity index (χ3n) is 7.78. The van der Waals surface area contributed by atoms with Gasteiger partial charge in [0.1, 0.15) is 28.8 Å². The molecule has 0 unspecified atom stereocenters. The highest BCUT2D eigenvalue weighted by atomic mass is 31.2. The van der Waals surface area contributed by atoms with Crippen LogP contribution in [-0.2, 0) is 30.2 Å². The summed E-state index contributed by atoms with van der Waals surface area (Å²) in [6, 6.07) is 20.4. The molecule has 0 fully saturated rings. The Hall–Kier alpha value is -3.81. The Morgan fingerprint density at radius 3 is 1.27 bits per heavy atom. The molecule has 0 amide bonds. The van der Waals surface area contributed by atoms with Crippen LogP contribution in [0.1, 0.15) is 83.5 Å². The van der Waals surface area contributed by atoms with E-state index in [1.54, 1.807) is 12.1 Å². The summed E-state index contributed by atoms with van der Waals surface area (Å²) in [4.78, 5) is 19.9. The van der Waals surface area contributed by atoms with E-state index in [1.807, 2.05) is 82.3 Å². The summed E-state index contributed by atoms with van der Waals surface area (Å²) in [6.07, 6.45) is 0.957. The molecule has 1 atom stereocenters. The number of phenols is 2. The fourth-order valence-corrected chi connectivity index (χ4v) is 6.32. The van der Waals surface area contributed by atoms with Gasteiger partial charge < -0.3 is 35.2 Å². The van der Waals surface area contributed by atoms with E-state index in [9.17, 15) is 24.6 Å². The standard InChI is InChI=1S/C35H40NO7P/c1-20(2)42-33-24-10-6-12-26(33)16-28-18-30(35(36)44(39,40)41)19-29(32(28)38)17-27-13-7-11-25(34(27)43-21(3)4)15-23-9-5-8-22(14-24)31(23)37/h5-13,18-21,35,37-38H,14-17,36H2,1-4H3,(H2,39,40,41)/t35-/m1/s1. The minimum absolute atomic E-state index is 0.0171. The summed E-state index contributed by atoms with van der Waals surface area (Å²) in [7, 11) is -4.69. The van der Waals surface area contributed by atoms with Gasteiger partial charge in [0.05, 0.1) is 12.2 Å². The second-order valence-electron chi connectivity index (χ2n) is 12.0. The first kappa shape index (κ1) is 31.6. The van der Waals surface area contributed by atoms with Crippen molar-refractivity contribution in [2.75, 3.05) is 0 Å². The van der Waals surface area contributed by atoms with Crippen LogP contribution in [0, 0.1) is 0 Å². The van der Waals surface area contributed by atoms with Crippen LogP contribution in [-0.4, -0.2) is 32.2 Å². The molecule has 0 aliphatic heterocycles. The van der Waals surface area contributed by atoms with Crippen molar-refractivity contribution in [1.29, 1.82) is 0 Å². The topological polar surface area (TPSA) is 142 Å². The number of hydrogen-bond donors (Lipinski definition) is 5. The third kappa shape index (κ3) is 6.79. The second kappa shape index (κ2) is 12.7. The summed E-state index contributed by atoms with van der Waals surface area (Å²) in [5.41, 5.74) is 12.0. The smallest absolute Gasteiger partial charge is 0.346 e. The van der Waals surface area contributed by atoms with Gasteiger partial charge in [-0.2, -0.15) is 0 Å². The molecule has 0 saturated carbocycles. The molecule has 4 aromatic rings. The number of benzene rings is 4. The normalized spacial score (nSPS) is 14.0. The van der Waals surface area contributed by atoms with Crippen molar-refractivity contribution in [1.82, 2.24) is 0 Å². The number of hydrogen-bond acceptors (Lipinski definition) is 6. The van der Waals surface area contributed by atoms with Crippen molar-refractivity contribution < 1.29 is 34.0 Å². The van der Waals surface area contributed by atoms with Gasteiger partial charge in [0.15, 0.2) is 0 Å². The molecule has 44 heavy (non-hydrogen) atoms. The Labute approximate surface area is 258 Å². The molecular formula is C35H40NO7P. The number of para-hydroxylation sites is 3. The lowest BCUT2D eigenvalue weighted by Gasteiger charge is -2.23. The van der Waals surface area contributed by atoms with Gasteiger partial charge in [-0.15, -0.1) is 0 Å². The zero-order chi connectivity index (χ0) is 31.8. The van der Waals surface area contributed by atoms with E-state index in [4.69, 9.17) is 15.2 Å². The van der Waals surface area contributed by atoms with Crippen molar-refractivity contribution in [2.24, 2.45) is 5.73 Å². The fraction of sp³-hybridized carbons (Fsp3) is 0.314. The van der Waals surface area contributed by atoms with E-state index in [1.165, 1.54) is 0 Å². The monoisotopic (exact) mass is 617 g/mol. The van der Waals surface area contributed by atoms with Crippen molar-refractivity contribution in [3.63, 3.8) is 0 Å². The lowest BCUT2D eigenvalue weighted by atomic mass is 9.90. The summed E-state index contributed by atoms with van der Waals surface area (Å²) >= 11 is 0. The summed E-state index contributed by atoms with van der Waals surface area (Å²) < 4.78 is 24.9. The molecule has 8 nitrogen and oxygen atoms in total. The Morgan fingerprint density at radius 1 is 0.614 bits per heavy atom. The van der Waals surface area contributed by atoms with E-state index < -0.39 is 13.4 Å². The van der Waals surface area contributed by atoms with Crippen LogP contribution in [0.25, 0.3) is 0 Å². The van der Waals surface area contributed by atoms with Crippen LogP contribution >= 0.6 is 7.60 Å². The fourth-order valence-electron chi connectivity index (χ4n) is 5.78. The lowest BCUT2D eigenvalue weighted by Crippen LogP contribution is -2.13. The van der Waals surface area contributed by atoms with Crippen LogP contribution in [0.2, 0.25) is 0 Å². The average Bonchev–Trinajstić information content (AvgIpc) is 2.94. The molecule has 9 heteroatoms. The molecule has 0 aromatic heterocycles. The minimum Gasteiger partial charge on any atom is -0.507 e. The number of phenolic OH excluding ortho intramolecular Hbond substituents is 2. The molecule has 232 valence electrons. The number of ether oxygens (including phenoxy) is 2. The quantitative estimate of drug-likeness (QED) is 0.136. The molecular weight excluding hydrogens is 577 g/mol. The van der Waals surface area contributed by atoms with Crippen LogP contribution in [0.4, 0.5) is 0 Å². The van der Waals surface area contributed by atoms with Gasteiger partial charge in [0.2, 0.25) is 0 Å². The van der Waals surface area contributed by atoms with E-state index in [0.29, 0.717) is 35.5 Å². The summed E-state index contributed by atoms with van der Waals surface area (Å²) in [5, 5.41) is 23.1. The molecule has 4 aromatic carbocycles. The minimum atomic E-state index is -4.69. The van der Waals surface area contributed by atoms with Gasteiger partial charge in [-0.05, 0) is 89.9 Å². The maximum absolute atomic E-state index is 12.3. The zero-order valence-corrected chi connectivity index (χ0v) is 26.3. The van der Waals surface area contributed by atoms with Crippen LogP contribution in [0.15, 0.2) is 66.7 Å². The Bertz CT molecular complexity index is 1620. The molecule has 8 bridgehead atoms. The molecule has 0 heterocycles. The van der Waals surface area contributed by atoms with Gasteiger partial charge in [-0.1, -0.05) is 54.6 Å². The second-order valence-corrected chi connectivity index (χ2v) is 13.7. The SMILES string of the molecule is CC(C)Oc1c2cccc1Cc1cc([C@H](N)P(=O)(O)O)cc(c1O)Cc1cccc(c1OC(C)C)Cc1cccc(c1O)C2. The van der Waals surface area contributed by atoms with Gasteiger partial charge in [-0.25, -0.2) is 0 Å². The van der Waals surface area contributed by atoms with Gasteiger partial charge in [0.25, 0.3) is 0 Å². The van der Waals surface area contributed by atoms with Crippen molar-refractivity contribution in [2.45, 2.75) is 71.4 Å². The van der Waals surface area contributed by atoms with Gasteiger partial charge in [0, 0.05) is 25.7 Å². The molecule has 1 aliphatic carbocycles. The van der Waals surface area contributed by atoms with Gasteiger partial charge in [-0.3, -0.25) is 4.57 Å². The summed E-state index contributed by atoms with van der Waals surface area (Å²) in [6.45, 7) is 7.74. The highest BCUT2D eigenvalue weighted by molar-refractivity contribution is 7.52. The average molecular weight is 618 g/mol. The van der Waals surface area contributed by atoms with Gasteiger partial charge >= 0.3 is 7.60 Å². The number of rotatable bonds is 6. The Kier molecular flexibility index (Phi) is 9.10. The molecule has 0 spiro atoms. The van der Waals surface area contributed by atoms with E-state index in [0.717, 1.165) is 33.4 Å². The molecule has 0 radical (unpaired) electrons. The van der Waals surface area contributed by atoms with Crippen LogP contribution < -0.4 is 15.2 Å². The van der Waals surface area contributed by atoms with Crippen LogP contribution in [0.5, 0.6) is 23.0 Å². The molecule has 5 rings (SSSR count). The highest BCUT2D eigenvalue weighted by Crippen LogP contribution is 2.49. The maximum Gasteiger partial charge on any atom is 0.346 e. The van der Waals surface area contributed by atoms with Crippen LogP contribution in [0.3, 0.4) is 0 Å². The first-order valence-electron chi connectivity index (χ1n) is 14.8. The summed E-state index contributed by atoms with van der Waals surface area (Å²) in [5.74, 6) is -0.0378. The molecule has 0 saturated heterocycles. The first-order valence-corrected chi connectivity index (χ1v) is 16.5. The predicted octanol–water partition coefficient (Wildman–Crippen LogP) is 6.48. The maximum atomic E-state index is 12.3. The van der Waals surface area contributed by atoms with Crippen molar-refractivity contribution in [3.05, 3.63) is 117 Å². The number of fused-ring (bicyclic) bond motifs is 8. The van der Waals surface area contributed by atoms with E-state index >= 15 is 0 Å². The highest BCUT2D eigenvalue weighted by Gasteiger charge is 2.29. The largest absolute Gasteiger partial charge is 0.507 e. The lowest BCUT2D eigenvalue weighted by molar-refractivity contribution is 0.238. The molecule has 6 N–H and O–H groups in total. The van der Waals surface area contributed by atoms with E-state index in [2.05, 4.69) is 0 Å². The number of aromatic hydroxyl groups is 2. The zero-order valence-electron chi connectivity index (χ0n) is 25.4. The number of nitrogens with two attached hydrogens (primary N) is 1. The van der Waals surface area contributed by atoms with Crippen molar-refractivity contribution >= 4 is 7.60 Å².